The van der Waals surface area contributed by atoms with Crippen LogP contribution in [0.2, 0.25) is 0 Å². The third-order valence-electron chi connectivity index (χ3n) is 2.70. The Kier molecular flexibility index (Phi) is 4.02. The first-order valence-electron chi connectivity index (χ1n) is 6.41. The van der Waals surface area contributed by atoms with Crippen molar-refractivity contribution in [3.8, 4) is 0 Å². The molecule has 2 N–H and O–H groups in total. The van der Waals surface area contributed by atoms with Crippen molar-refractivity contribution in [3.63, 3.8) is 0 Å². The maximum Gasteiger partial charge on any atom is 0.361 e. The molecule has 2 rings (SSSR count). The van der Waals surface area contributed by atoms with Gasteiger partial charge in [-0.05, 0) is 20.8 Å². The summed E-state index contributed by atoms with van der Waals surface area (Å²) in [5, 5.41) is 8.29. The van der Waals surface area contributed by atoms with E-state index < -0.39 is 5.97 Å². The summed E-state index contributed by atoms with van der Waals surface area (Å²) in [6, 6.07) is 0.199. The fraction of sp³-hybridized carbons (Fsp3) is 0.500. The molecule has 20 heavy (non-hydrogen) atoms. The van der Waals surface area contributed by atoms with E-state index in [1.165, 1.54) is 6.33 Å². The van der Waals surface area contributed by atoms with Gasteiger partial charge >= 0.3 is 5.97 Å². The number of carbonyl (C=O) groups is 1. The smallest absolute Gasteiger partial charge is 0.361 e. The summed E-state index contributed by atoms with van der Waals surface area (Å²) in [4.78, 5) is 15.8. The minimum atomic E-state index is -0.519. The number of rotatable bonds is 5. The summed E-state index contributed by atoms with van der Waals surface area (Å²) in [6.45, 7) is 6.43. The van der Waals surface area contributed by atoms with Crippen LogP contribution in [0, 0.1) is 0 Å². The lowest BCUT2D eigenvalue weighted by Gasteiger charge is -2.08. The SMILES string of the molecule is CCOC(=O)c1nn(Cc2ncnn2C(C)C)cc1N. The van der Waals surface area contributed by atoms with Gasteiger partial charge in [0.1, 0.15) is 18.7 Å². The molecule has 108 valence electrons. The van der Waals surface area contributed by atoms with Crippen LogP contribution in [0.25, 0.3) is 0 Å². The molecule has 0 saturated carbocycles. The zero-order chi connectivity index (χ0) is 14.7. The first kappa shape index (κ1) is 14.0. The molecule has 0 aliphatic carbocycles. The summed E-state index contributed by atoms with van der Waals surface area (Å²) in [5.41, 5.74) is 6.19. The summed E-state index contributed by atoms with van der Waals surface area (Å²) < 4.78 is 8.24. The van der Waals surface area contributed by atoms with Gasteiger partial charge in [-0.1, -0.05) is 0 Å². The Labute approximate surface area is 116 Å². The first-order valence-corrected chi connectivity index (χ1v) is 6.41. The molecular weight excluding hydrogens is 260 g/mol. The minimum absolute atomic E-state index is 0.127. The number of esters is 1. The molecule has 8 nitrogen and oxygen atoms in total. The Bertz CT molecular complexity index is 601. The maximum atomic E-state index is 11.6. The van der Waals surface area contributed by atoms with Crippen molar-refractivity contribution in [2.75, 3.05) is 12.3 Å². The second-order valence-electron chi connectivity index (χ2n) is 4.57. The van der Waals surface area contributed by atoms with E-state index in [1.54, 1.807) is 22.5 Å². The first-order chi connectivity index (χ1) is 9.52. The van der Waals surface area contributed by atoms with Gasteiger partial charge in [-0.2, -0.15) is 10.2 Å². The van der Waals surface area contributed by atoms with Crippen LogP contribution in [0.3, 0.4) is 0 Å². The molecule has 0 radical (unpaired) electrons. The van der Waals surface area contributed by atoms with Gasteiger partial charge in [-0.25, -0.2) is 14.5 Å². The number of hydrogen-bond acceptors (Lipinski definition) is 6. The molecule has 0 aliphatic rings. The normalized spacial score (nSPS) is 11.0. The van der Waals surface area contributed by atoms with Crippen LogP contribution in [0.5, 0.6) is 0 Å². The van der Waals surface area contributed by atoms with Crippen molar-refractivity contribution in [1.82, 2.24) is 24.5 Å². The second-order valence-corrected chi connectivity index (χ2v) is 4.57. The Morgan fingerprint density at radius 1 is 1.50 bits per heavy atom. The number of hydrogen-bond donors (Lipinski definition) is 1. The molecule has 0 atom stereocenters. The maximum absolute atomic E-state index is 11.6. The standard InChI is InChI=1S/C12H18N6O2/c1-4-20-12(19)11-9(13)5-17(16-11)6-10-14-7-15-18(10)8(2)3/h5,7-8H,4,6,13H2,1-3H3. The van der Waals surface area contributed by atoms with Gasteiger partial charge in [0.25, 0.3) is 0 Å². The zero-order valence-corrected chi connectivity index (χ0v) is 11.8. The number of nitrogen functional groups attached to an aromatic ring is 1. The summed E-state index contributed by atoms with van der Waals surface area (Å²) in [6.07, 6.45) is 3.08. The Balaban J connectivity index is 2.20. The van der Waals surface area contributed by atoms with E-state index in [0.717, 1.165) is 5.82 Å². The number of nitrogens with two attached hydrogens (primary N) is 1. The molecule has 2 aromatic heterocycles. The molecule has 8 heteroatoms. The molecular formula is C12H18N6O2. The van der Waals surface area contributed by atoms with Crippen LogP contribution in [-0.2, 0) is 11.3 Å². The van der Waals surface area contributed by atoms with Crippen molar-refractivity contribution < 1.29 is 9.53 Å². The largest absolute Gasteiger partial charge is 0.461 e. The Morgan fingerprint density at radius 3 is 2.90 bits per heavy atom. The van der Waals surface area contributed by atoms with Crippen molar-refractivity contribution in [1.29, 1.82) is 0 Å². The molecule has 0 bridgehead atoms. The molecule has 0 fully saturated rings. The highest BCUT2D eigenvalue weighted by atomic mass is 16.5. The predicted molar refractivity (Wildman–Crippen MR) is 72.1 cm³/mol. The van der Waals surface area contributed by atoms with E-state index in [-0.39, 0.29) is 18.3 Å². The van der Waals surface area contributed by atoms with E-state index in [0.29, 0.717) is 12.2 Å². The lowest BCUT2D eigenvalue weighted by molar-refractivity contribution is 0.0519. The number of anilines is 1. The van der Waals surface area contributed by atoms with E-state index in [9.17, 15) is 4.79 Å². The molecule has 0 aromatic carbocycles. The number of nitrogens with zero attached hydrogens (tertiary/aromatic N) is 5. The average molecular weight is 278 g/mol. The predicted octanol–water partition coefficient (Wildman–Crippen LogP) is 0.863. The molecule has 2 heterocycles. The fourth-order valence-electron chi connectivity index (χ4n) is 1.84. The fourth-order valence-corrected chi connectivity index (χ4v) is 1.84. The highest BCUT2D eigenvalue weighted by Gasteiger charge is 2.17. The van der Waals surface area contributed by atoms with Crippen molar-refractivity contribution in [2.24, 2.45) is 0 Å². The molecule has 0 spiro atoms. The summed E-state index contributed by atoms with van der Waals surface area (Å²) in [7, 11) is 0. The summed E-state index contributed by atoms with van der Waals surface area (Å²) in [5.74, 6) is 0.229. The van der Waals surface area contributed by atoms with Crippen molar-refractivity contribution in [2.45, 2.75) is 33.4 Å². The lowest BCUT2D eigenvalue weighted by Crippen LogP contribution is -2.13. The van der Waals surface area contributed by atoms with Crippen LogP contribution in [0.4, 0.5) is 5.69 Å². The van der Waals surface area contributed by atoms with Gasteiger partial charge < -0.3 is 10.5 Å². The third-order valence-corrected chi connectivity index (χ3v) is 2.70. The summed E-state index contributed by atoms with van der Waals surface area (Å²) >= 11 is 0. The monoisotopic (exact) mass is 278 g/mol. The lowest BCUT2D eigenvalue weighted by atomic mass is 10.4. The number of carbonyl (C=O) groups excluding carboxylic acids is 1. The minimum Gasteiger partial charge on any atom is -0.461 e. The topological polar surface area (TPSA) is 101 Å². The van der Waals surface area contributed by atoms with E-state index >= 15 is 0 Å². The van der Waals surface area contributed by atoms with Gasteiger partial charge in [-0.3, -0.25) is 4.68 Å². The van der Waals surface area contributed by atoms with E-state index in [1.807, 2.05) is 13.8 Å². The van der Waals surface area contributed by atoms with Crippen LogP contribution in [0.1, 0.15) is 43.1 Å². The molecule has 0 saturated heterocycles. The quantitative estimate of drug-likeness (QED) is 0.814. The van der Waals surface area contributed by atoms with E-state index in [4.69, 9.17) is 10.5 Å². The van der Waals surface area contributed by atoms with Crippen LogP contribution in [0.15, 0.2) is 12.5 Å². The Morgan fingerprint density at radius 2 is 2.25 bits per heavy atom. The Hall–Kier alpha value is -2.38. The molecule has 0 unspecified atom stereocenters. The van der Waals surface area contributed by atoms with Gasteiger partial charge in [0.15, 0.2) is 5.69 Å². The highest BCUT2D eigenvalue weighted by Crippen LogP contribution is 2.13. The third kappa shape index (κ3) is 2.79. The van der Waals surface area contributed by atoms with Gasteiger partial charge in [-0.15, -0.1) is 0 Å². The molecule has 0 aliphatic heterocycles. The van der Waals surface area contributed by atoms with Crippen molar-refractivity contribution >= 4 is 11.7 Å². The highest BCUT2D eigenvalue weighted by molar-refractivity contribution is 5.92. The average Bonchev–Trinajstić information content (AvgIpc) is 2.97. The van der Waals surface area contributed by atoms with Gasteiger partial charge in [0.2, 0.25) is 0 Å². The molecule has 2 aromatic rings. The van der Waals surface area contributed by atoms with E-state index in [2.05, 4.69) is 15.2 Å². The second kappa shape index (κ2) is 5.72. The van der Waals surface area contributed by atoms with Crippen LogP contribution in [-0.4, -0.2) is 37.1 Å². The molecule has 0 amide bonds. The van der Waals surface area contributed by atoms with Crippen molar-refractivity contribution in [3.05, 3.63) is 24.0 Å². The van der Waals surface area contributed by atoms with Crippen LogP contribution >= 0.6 is 0 Å². The van der Waals surface area contributed by atoms with Gasteiger partial charge in [0.05, 0.1) is 12.3 Å². The van der Waals surface area contributed by atoms with Crippen LogP contribution < -0.4 is 5.73 Å². The van der Waals surface area contributed by atoms with Gasteiger partial charge in [0, 0.05) is 12.2 Å². The number of aromatic nitrogens is 5. The zero-order valence-electron chi connectivity index (χ0n) is 11.8. The number of ether oxygens (including phenoxy) is 1.